The average molecular weight is 480 g/mol. The molecule has 0 saturated carbocycles. The van der Waals surface area contributed by atoms with Crippen molar-refractivity contribution in [1.29, 1.82) is 0 Å². The summed E-state index contributed by atoms with van der Waals surface area (Å²) < 4.78 is 13.6. The highest BCUT2D eigenvalue weighted by Crippen LogP contribution is 2.54. The van der Waals surface area contributed by atoms with Crippen molar-refractivity contribution in [3.8, 4) is 0 Å². The summed E-state index contributed by atoms with van der Waals surface area (Å²) in [5.41, 5.74) is 2.18. The normalized spacial score (nSPS) is 26.6. The number of halogens is 1. The molecule has 0 bridgehead atoms. The summed E-state index contributed by atoms with van der Waals surface area (Å²) in [4.78, 5) is 45.8. The van der Waals surface area contributed by atoms with Gasteiger partial charge in [0.15, 0.2) is 0 Å². The van der Waals surface area contributed by atoms with Crippen LogP contribution in [-0.4, -0.2) is 28.7 Å². The Bertz CT molecular complexity index is 1580. The number of anilines is 2. The first-order valence-electron chi connectivity index (χ1n) is 11.9. The Morgan fingerprint density at radius 2 is 1.64 bits per heavy atom. The molecule has 1 aromatic heterocycles. The summed E-state index contributed by atoms with van der Waals surface area (Å²) in [6, 6.07) is 19.9. The first-order chi connectivity index (χ1) is 17.5. The van der Waals surface area contributed by atoms with Crippen LogP contribution in [0.25, 0.3) is 10.9 Å². The largest absolute Gasteiger partial charge is 0.361 e. The van der Waals surface area contributed by atoms with E-state index in [1.165, 1.54) is 24.3 Å². The Balaban J connectivity index is 1.37. The molecule has 2 saturated heterocycles. The van der Waals surface area contributed by atoms with Gasteiger partial charge in [-0.25, -0.2) is 9.29 Å². The number of benzene rings is 3. The van der Waals surface area contributed by atoms with Crippen LogP contribution in [0, 0.1) is 17.7 Å². The summed E-state index contributed by atoms with van der Waals surface area (Å²) in [5.74, 6) is -3.36. The zero-order chi connectivity index (χ0) is 24.6. The van der Waals surface area contributed by atoms with Gasteiger partial charge in [0.25, 0.3) is 0 Å². The minimum absolute atomic E-state index is 0.300. The molecule has 0 radical (unpaired) electrons. The van der Waals surface area contributed by atoms with E-state index in [2.05, 4.69) is 15.6 Å². The van der Waals surface area contributed by atoms with Gasteiger partial charge in [-0.15, -0.1) is 0 Å². The Labute approximate surface area is 205 Å². The lowest BCUT2D eigenvalue weighted by atomic mass is 9.76. The zero-order valence-corrected chi connectivity index (χ0v) is 19.0. The first-order valence-corrected chi connectivity index (χ1v) is 11.9. The van der Waals surface area contributed by atoms with Crippen molar-refractivity contribution >= 4 is 40.0 Å². The van der Waals surface area contributed by atoms with E-state index in [0.717, 1.165) is 21.4 Å². The summed E-state index contributed by atoms with van der Waals surface area (Å²) in [6.07, 6.45) is 2.35. The van der Waals surface area contributed by atoms with Crippen molar-refractivity contribution in [2.75, 3.05) is 10.2 Å². The monoisotopic (exact) mass is 480 g/mol. The summed E-state index contributed by atoms with van der Waals surface area (Å²) in [7, 11) is 0. The lowest BCUT2D eigenvalue weighted by Gasteiger charge is -2.29. The molecule has 7 nitrogen and oxygen atoms in total. The number of amides is 3. The molecule has 3 amide bonds. The maximum Gasteiger partial charge on any atom is 0.250 e. The number of carbonyl (C=O) groups is 3. The molecule has 0 unspecified atom stereocenters. The Morgan fingerprint density at radius 1 is 0.889 bits per heavy atom. The topological polar surface area (TPSA) is 94.3 Å². The van der Waals surface area contributed by atoms with Gasteiger partial charge in [0.2, 0.25) is 17.7 Å². The third-order valence-corrected chi connectivity index (χ3v) is 7.82. The fourth-order valence-corrected chi connectivity index (χ4v) is 6.32. The first kappa shape index (κ1) is 21.0. The Kier molecular flexibility index (Phi) is 4.29. The second-order valence-corrected chi connectivity index (χ2v) is 9.61. The number of H-pyrrole nitrogens is 1. The summed E-state index contributed by atoms with van der Waals surface area (Å²) >= 11 is 0. The third-order valence-electron chi connectivity index (χ3n) is 7.82. The number of nitrogens with one attached hydrogen (secondary N) is 3. The number of rotatable bonds is 3. The van der Waals surface area contributed by atoms with E-state index in [-0.39, 0.29) is 11.8 Å². The van der Waals surface area contributed by atoms with Gasteiger partial charge in [-0.05, 0) is 48.4 Å². The second-order valence-electron chi connectivity index (χ2n) is 9.61. The van der Waals surface area contributed by atoms with Gasteiger partial charge in [-0.1, -0.05) is 36.4 Å². The van der Waals surface area contributed by atoms with E-state index in [4.69, 9.17) is 0 Å². The van der Waals surface area contributed by atoms with Crippen LogP contribution in [0.15, 0.2) is 79.0 Å². The minimum Gasteiger partial charge on any atom is -0.361 e. The Hall–Kier alpha value is -4.30. The van der Waals surface area contributed by atoms with Crippen LogP contribution >= 0.6 is 0 Å². The minimum atomic E-state index is -1.38. The smallest absolute Gasteiger partial charge is 0.250 e. The molecule has 4 heterocycles. The maximum absolute atomic E-state index is 13.9. The fraction of sp³-hybridized carbons (Fsp3) is 0.179. The van der Waals surface area contributed by atoms with Crippen LogP contribution in [-0.2, 0) is 26.3 Å². The number of hydrogen-bond acceptors (Lipinski definition) is 4. The molecule has 3 aromatic carbocycles. The van der Waals surface area contributed by atoms with E-state index in [1.807, 2.05) is 48.7 Å². The van der Waals surface area contributed by atoms with Crippen molar-refractivity contribution in [2.24, 2.45) is 11.8 Å². The van der Waals surface area contributed by atoms with Crippen LogP contribution in [0.5, 0.6) is 0 Å². The highest BCUT2D eigenvalue weighted by atomic mass is 19.1. The molecule has 3 aliphatic heterocycles. The molecule has 178 valence electrons. The van der Waals surface area contributed by atoms with Crippen LogP contribution in [0.3, 0.4) is 0 Å². The number of imide groups is 1. The predicted octanol–water partition coefficient (Wildman–Crippen LogP) is 3.47. The molecule has 3 N–H and O–H groups in total. The van der Waals surface area contributed by atoms with E-state index in [1.54, 1.807) is 6.07 Å². The van der Waals surface area contributed by atoms with E-state index in [0.29, 0.717) is 23.4 Å². The van der Waals surface area contributed by atoms with E-state index in [9.17, 15) is 18.8 Å². The highest BCUT2D eigenvalue weighted by Gasteiger charge is 2.70. The quantitative estimate of drug-likeness (QED) is 0.392. The van der Waals surface area contributed by atoms with Crippen molar-refractivity contribution < 1.29 is 18.8 Å². The number of aromatic nitrogens is 1. The third kappa shape index (κ3) is 2.67. The molecular weight excluding hydrogens is 459 g/mol. The molecule has 2 fully saturated rings. The van der Waals surface area contributed by atoms with Crippen molar-refractivity contribution in [3.05, 3.63) is 95.9 Å². The lowest BCUT2D eigenvalue weighted by Crippen LogP contribution is -2.53. The number of nitrogens with zero attached hydrogens (tertiary/aromatic N) is 1. The zero-order valence-electron chi connectivity index (χ0n) is 19.0. The van der Waals surface area contributed by atoms with Crippen LogP contribution in [0.2, 0.25) is 0 Å². The SMILES string of the molecule is O=C1[C@H]2[C@@H](C(=O)N1c1ccc(F)cc1)[C@]1(N[C@@H]2Cc2c[nH]c3ccccc23)C(=O)Nc2ccccc21. The molecule has 36 heavy (non-hydrogen) atoms. The van der Waals surface area contributed by atoms with Gasteiger partial charge >= 0.3 is 0 Å². The number of para-hydroxylation sites is 2. The highest BCUT2D eigenvalue weighted by molar-refractivity contribution is 6.25. The summed E-state index contributed by atoms with van der Waals surface area (Å²) in [6.45, 7) is 0. The molecule has 4 atom stereocenters. The molecular formula is C28H21FN4O3. The predicted molar refractivity (Wildman–Crippen MR) is 132 cm³/mol. The van der Waals surface area contributed by atoms with E-state index < -0.39 is 35.1 Å². The second kappa shape index (κ2) is 7.35. The number of carbonyl (C=O) groups excluding carboxylic acids is 3. The van der Waals surface area contributed by atoms with Gasteiger partial charge in [0, 0.05) is 34.4 Å². The summed E-state index contributed by atoms with van der Waals surface area (Å²) in [5, 5.41) is 7.40. The van der Waals surface area contributed by atoms with E-state index >= 15 is 0 Å². The average Bonchev–Trinajstić information content (AvgIpc) is 3.59. The molecule has 7 rings (SSSR count). The van der Waals surface area contributed by atoms with Crippen LogP contribution < -0.4 is 15.5 Å². The molecule has 3 aliphatic rings. The van der Waals surface area contributed by atoms with Gasteiger partial charge in [-0.2, -0.15) is 0 Å². The molecule has 8 heteroatoms. The van der Waals surface area contributed by atoms with Crippen LogP contribution in [0.1, 0.15) is 11.1 Å². The maximum atomic E-state index is 13.9. The van der Waals surface area contributed by atoms with Gasteiger partial charge < -0.3 is 10.3 Å². The van der Waals surface area contributed by atoms with Gasteiger partial charge in [0.05, 0.1) is 17.5 Å². The van der Waals surface area contributed by atoms with Crippen molar-refractivity contribution in [3.63, 3.8) is 0 Å². The number of hydrogen-bond donors (Lipinski definition) is 3. The number of aromatic amines is 1. The van der Waals surface area contributed by atoms with Gasteiger partial charge in [-0.3, -0.25) is 19.7 Å². The molecule has 0 aliphatic carbocycles. The standard InChI is InChI=1S/C28H21FN4O3/c29-16-9-11-17(12-10-16)33-25(34)23-22(13-15-14-30-20-7-3-1-5-18(15)20)32-28(24(23)26(33)35)19-6-2-4-8-21(19)31-27(28)36/h1-12,14,22-24,30,32H,13H2,(H,31,36)/t22-,23-,24+,28+/m1/s1. The molecule has 1 spiro atoms. The lowest BCUT2D eigenvalue weighted by molar-refractivity contribution is -0.130. The van der Waals surface area contributed by atoms with Crippen molar-refractivity contribution in [1.82, 2.24) is 10.3 Å². The van der Waals surface area contributed by atoms with Crippen molar-refractivity contribution in [2.45, 2.75) is 18.0 Å². The fourth-order valence-electron chi connectivity index (χ4n) is 6.32. The Morgan fingerprint density at radius 3 is 2.47 bits per heavy atom. The number of fused-ring (bicyclic) bond motifs is 5. The van der Waals surface area contributed by atoms with Gasteiger partial charge in [0.1, 0.15) is 11.4 Å². The molecule has 4 aromatic rings. The van der Waals surface area contributed by atoms with Crippen LogP contribution in [0.4, 0.5) is 15.8 Å².